The van der Waals surface area contributed by atoms with E-state index in [2.05, 4.69) is 15.8 Å². The molecule has 2 N–H and O–H groups in total. The first kappa shape index (κ1) is 19.7. The minimum atomic E-state index is -0.266. The SMILES string of the molecule is O=C(N/N=C\c1ccccc1OCCOc1ccccc1)NC1CCCCC1. The monoisotopic (exact) mass is 381 g/mol. The van der Waals surface area contributed by atoms with Crippen molar-refractivity contribution in [2.24, 2.45) is 5.10 Å². The number of para-hydroxylation sites is 2. The van der Waals surface area contributed by atoms with Crippen molar-refractivity contribution in [1.82, 2.24) is 10.7 Å². The molecule has 0 aromatic heterocycles. The van der Waals surface area contributed by atoms with Gasteiger partial charge in [-0.15, -0.1) is 0 Å². The number of nitrogens with one attached hydrogen (secondary N) is 2. The normalized spacial score (nSPS) is 14.6. The zero-order valence-electron chi connectivity index (χ0n) is 16.0. The summed E-state index contributed by atoms with van der Waals surface area (Å²) in [6.07, 6.45) is 7.27. The molecule has 3 rings (SSSR count). The molecule has 6 nitrogen and oxygen atoms in total. The van der Waals surface area contributed by atoms with Crippen LogP contribution < -0.4 is 20.2 Å². The Morgan fingerprint density at radius 1 is 0.964 bits per heavy atom. The summed E-state index contributed by atoms with van der Waals surface area (Å²) in [6, 6.07) is 17.2. The number of rotatable bonds is 8. The number of ether oxygens (including phenoxy) is 2. The lowest BCUT2D eigenvalue weighted by atomic mass is 9.96. The molecule has 2 aromatic carbocycles. The molecule has 0 heterocycles. The van der Waals surface area contributed by atoms with Gasteiger partial charge in [-0.1, -0.05) is 49.6 Å². The van der Waals surface area contributed by atoms with Crippen molar-refractivity contribution >= 4 is 12.2 Å². The molecule has 28 heavy (non-hydrogen) atoms. The fourth-order valence-corrected chi connectivity index (χ4v) is 3.17. The molecule has 0 radical (unpaired) electrons. The van der Waals surface area contributed by atoms with Crippen LogP contribution in [0, 0.1) is 0 Å². The van der Waals surface area contributed by atoms with E-state index in [4.69, 9.17) is 9.47 Å². The number of hydrogen-bond acceptors (Lipinski definition) is 4. The van der Waals surface area contributed by atoms with Gasteiger partial charge in [-0.3, -0.25) is 0 Å². The van der Waals surface area contributed by atoms with Crippen LogP contribution in [0.2, 0.25) is 0 Å². The summed E-state index contributed by atoms with van der Waals surface area (Å²) in [5, 5.41) is 7.01. The zero-order valence-corrected chi connectivity index (χ0v) is 16.0. The van der Waals surface area contributed by atoms with Crippen LogP contribution in [0.1, 0.15) is 37.7 Å². The van der Waals surface area contributed by atoms with Gasteiger partial charge in [0, 0.05) is 11.6 Å². The fraction of sp³-hybridized carbons (Fsp3) is 0.364. The van der Waals surface area contributed by atoms with Crippen LogP contribution >= 0.6 is 0 Å². The second-order valence-corrected chi connectivity index (χ2v) is 6.73. The number of hydrogen-bond donors (Lipinski definition) is 2. The summed E-state index contributed by atoms with van der Waals surface area (Å²) in [7, 11) is 0. The molecule has 0 saturated heterocycles. The summed E-state index contributed by atoms with van der Waals surface area (Å²) >= 11 is 0. The second-order valence-electron chi connectivity index (χ2n) is 6.73. The van der Waals surface area contributed by atoms with E-state index in [0.717, 1.165) is 24.2 Å². The molecule has 2 amide bonds. The Morgan fingerprint density at radius 3 is 2.50 bits per heavy atom. The van der Waals surface area contributed by atoms with Gasteiger partial charge in [0.25, 0.3) is 0 Å². The Labute approximate surface area is 165 Å². The van der Waals surface area contributed by atoms with Crippen LogP contribution in [0.3, 0.4) is 0 Å². The number of carbonyl (C=O) groups excluding carboxylic acids is 1. The minimum Gasteiger partial charge on any atom is -0.490 e. The number of carbonyl (C=O) groups is 1. The van der Waals surface area contributed by atoms with Gasteiger partial charge in [-0.05, 0) is 37.1 Å². The van der Waals surface area contributed by atoms with Gasteiger partial charge < -0.3 is 14.8 Å². The quantitative estimate of drug-likeness (QED) is 0.411. The van der Waals surface area contributed by atoms with Gasteiger partial charge in [0.05, 0.1) is 6.21 Å². The summed E-state index contributed by atoms with van der Waals surface area (Å²) in [5.74, 6) is 1.51. The van der Waals surface area contributed by atoms with Crippen LogP contribution in [-0.4, -0.2) is 31.5 Å². The van der Waals surface area contributed by atoms with E-state index in [1.807, 2.05) is 54.6 Å². The highest BCUT2D eigenvalue weighted by Gasteiger charge is 2.15. The number of hydrazone groups is 1. The van der Waals surface area contributed by atoms with E-state index in [9.17, 15) is 4.79 Å². The highest BCUT2D eigenvalue weighted by Crippen LogP contribution is 2.17. The molecule has 0 atom stereocenters. The highest BCUT2D eigenvalue weighted by atomic mass is 16.5. The molecule has 2 aromatic rings. The highest BCUT2D eigenvalue weighted by molar-refractivity contribution is 5.84. The molecule has 148 valence electrons. The van der Waals surface area contributed by atoms with Crippen molar-refractivity contribution in [2.45, 2.75) is 38.1 Å². The average Bonchev–Trinajstić information content (AvgIpc) is 2.74. The average molecular weight is 381 g/mol. The molecule has 0 unspecified atom stereocenters. The maximum Gasteiger partial charge on any atom is 0.335 e. The van der Waals surface area contributed by atoms with Crippen molar-refractivity contribution in [1.29, 1.82) is 0 Å². The zero-order chi connectivity index (χ0) is 19.4. The Balaban J connectivity index is 1.43. The first-order valence-electron chi connectivity index (χ1n) is 9.80. The standard InChI is InChI=1S/C22H27N3O3/c26-22(24-19-10-3-1-4-11-19)25-23-17-18-9-7-8-14-21(18)28-16-15-27-20-12-5-2-6-13-20/h2,5-9,12-14,17,19H,1,3-4,10-11,15-16H2,(H2,24,25,26)/b23-17-. The number of urea groups is 1. The number of nitrogens with zero attached hydrogens (tertiary/aromatic N) is 1. The molecular formula is C22H27N3O3. The molecule has 1 aliphatic rings. The van der Waals surface area contributed by atoms with Gasteiger partial charge >= 0.3 is 6.03 Å². The maximum atomic E-state index is 11.9. The van der Waals surface area contributed by atoms with Crippen LogP contribution in [0.5, 0.6) is 11.5 Å². The number of amides is 2. The lowest BCUT2D eigenvalue weighted by molar-refractivity contribution is 0.217. The molecule has 6 heteroatoms. The van der Waals surface area contributed by atoms with Gasteiger partial charge in [-0.25, -0.2) is 10.2 Å². The molecule has 1 aliphatic carbocycles. The maximum absolute atomic E-state index is 11.9. The molecule has 0 aliphatic heterocycles. The molecule has 1 saturated carbocycles. The summed E-state index contributed by atoms with van der Waals surface area (Å²) in [5.41, 5.74) is 3.33. The third kappa shape index (κ3) is 6.61. The van der Waals surface area contributed by atoms with E-state index >= 15 is 0 Å². The van der Waals surface area contributed by atoms with E-state index < -0.39 is 0 Å². The first-order valence-corrected chi connectivity index (χ1v) is 9.80. The van der Waals surface area contributed by atoms with Crippen LogP contribution in [0.15, 0.2) is 59.7 Å². The third-order valence-corrected chi connectivity index (χ3v) is 4.58. The topological polar surface area (TPSA) is 72.0 Å². The van der Waals surface area contributed by atoms with Crippen molar-refractivity contribution in [3.8, 4) is 11.5 Å². The van der Waals surface area contributed by atoms with Crippen molar-refractivity contribution < 1.29 is 14.3 Å². The fourth-order valence-electron chi connectivity index (χ4n) is 3.17. The lowest BCUT2D eigenvalue weighted by Crippen LogP contribution is -2.41. The van der Waals surface area contributed by atoms with Crippen LogP contribution in [-0.2, 0) is 0 Å². The summed E-state index contributed by atoms with van der Waals surface area (Å²) < 4.78 is 11.4. The predicted octanol–water partition coefficient (Wildman–Crippen LogP) is 4.11. The second kappa shape index (κ2) is 11.0. The predicted molar refractivity (Wildman–Crippen MR) is 110 cm³/mol. The Kier molecular flexibility index (Phi) is 7.73. The van der Waals surface area contributed by atoms with Crippen LogP contribution in [0.4, 0.5) is 4.79 Å². The molecule has 1 fully saturated rings. The smallest absolute Gasteiger partial charge is 0.335 e. The van der Waals surface area contributed by atoms with Crippen molar-refractivity contribution in [3.63, 3.8) is 0 Å². The van der Waals surface area contributed by atoms with Gasteiger partial charge in [0.15, 0.2) is 0 Å². The number of benzene rings is 2. The Bertz CT molecular complexity index is 759. The third-order valence-electron chi connectivity index (χ3n) is 4.58. The van der Waals surface area contributed by atoms with Crippen molar-refractivity contribution in [2.75, 3.05) is 13.2 Å². The van der Waals surface area contributed by atoms with Gasteiger partial charge in [0.2, 0.25) is 0 Å². The molecule has 0 spiro atoms. The van der Waals surface area contributed by atoms with E-state index in [0.29, 0.717) is 19.0 Å². The largest absolute Gasteiger partial charge is 0.490 e. The lowest BCUT2D eigenvalue weighted by Gasteiger charge is -2.22. The minimum absolute atomic E-state index is 0.254. The molecule has 0 bridgehead atoms. The van der Waals surface area contributed by atoms with Gasteiger partial charge in [0.1, 0.15) is 24.7 Å². The van der Waals surface area contributed by atoms with Gasteiger partial charge in [-0.2, -0.15) is 5.10 Å². The summed E-state index contributed by atoms with van der Waals surface area (Å²) in [4.78, 5) is 11.9. The first-order chi connectivity index (χ1) is 13.8. The Morgan fingerprint density at radius 2 is 1.68 bits per heavy atom. The van der Waals surface area contributed by atoms with Crippen molar-refractivity contribution in [3.05, 3.63) is 60.2 Å². The van der Waals surface area contributed by atoms with E-state index in [1.54, 1.807) is 6.21 Å². The molecular weight excluding hydrogens is 354 g/mol. The van der Waals surface area contributed by atoms with E-state index in [1.165, 1.54) is 19.3 Å². The van der Waals surface area contributed by atoms with Crippen LogP contribution in [0.25, 0.3) is 0 Å². The van der Waals surface area contributed by atoms with E-state index in [-0.39, 0.29) is 12.1 Å². The Hall–Kier alpha value is -3.02. The summed E-state index contributed by atoms with van der Waals surface area (Å²) in [6.45, 7) is 0.854.